The van der Waals surface area contributed by atoms with E-state index < -0.39 is 0 Å². The third-order valence-electron chi connectivity index (χ3n) is 1.12. The fourth-order valence-electron chi connectivity index (χ4n) is 0.408. The molecule has 0 saturated carbocycles. The first kappa shape index (κ1) is 29.4. The molecule has 0 aliphatic rings. The summed E-state index contributed by atoms with van der Waals surface area (Å²) in [6, 6.07) is 0. The normalized spacial score (nSPS) is 6.31. The Balaban J connectivity index is -0.0000000267. The average Bonchev–Trinajstić information content (AvgIpc) is 1.93. The van der Waals surface area contributed by atoms with Gasteiger partial charge in [0.1, 0.15) is 32.6 Å². The van der Waals surface area contributed by atoms with Gasteiger partial charge in [-0.1, -0.05) is 39.5 Å². The first-order chi connectivity index (χ1) is 4.83. The van der Waals surface area contributed by atoms with Crippen molar-refractivity contribution in [2.45, 2.75) is 50.1 Å². The zero-order valence-electron chi connectivity index (χ0n) is 8.62. The molecule has 0 unspecified atom stereocenters. The van der Waals surface area contributed by atoms with Crippen LogP contribution in [0.25, 0.3) is 0 Å². The maximum absolute atomic E-state index is 2.70. The number of rotatable bonds is 4. The van der Waals surface area contributed by atoms with Gasteiger partial charge in [0, 0.05) is 0 Å². The van der Waals surface area contributed by atoms with E-state index in [2.05, 4.69) is 46.4 Å². The maximum atomic E-state index is 2.70. The molecule has 0 bridgehead atoms. The summed E-state index contributed by atoms with van der Waals surface area (Å²) in [4.78, 5) is 0. The Kier molecular flexibility index (Phi) is 83.7. The van der Waals surface area contributed by atoms with E-state index in [4.69, 9.17) is 0 Å². The van der Waals surface area contributed by atoms with Gasteiger partial charge in [0.05, 0.1) is 0 Å². The minimum atomic E-state index is 0. The van der Waals surface area contributed by atoms with Gasteiger partial charge in [-0.05, 0) is 0 Å². The van der Waals surface area contributed by atoms with Gasteiger partial charge >= 0.3 is 0 Å². The number of hydrogen-bond donors (Lipinski definition) is 0. The van der Waals surface area contributed by atoms with Gasteiger partial charge in [-0.2, -0.15) is 0 Å². The highest BCUT2D eigenvalue weighted by Crippen LogP contribution is 1.87. The highest BCUT2D eigenvalue weighted by atomic mass is 35.5. The molecule has 0 rings (SSSR count). The van der Waals surface area contributed by atoms with E-state index in [9.17, 15) is 0 Å². The van der Waals surface area contributed by atoms with Crippen LogP contribution in [0.5, 0.6) is 0 Å². The zero-order chi connectivity index (χ0) is 8.24. The lowest BCUT2D eigenvalue weighted by Crippen LogP contribution is -1.63. The van der Waals surface area contributed by atoms with Crippen LogP contribution in [-0.2, 0) is 0 Å². The second-order valence-corrected chi connectivity index (χ2v) is 3.44. The van der Waals surface area contributed by atoms with Gasteiger partial charge in [-0.3, -0.25) is 0 Å². The molecule has 0 aromatic heterocycles. The van der Waals surface area contributed by atoms with Crippen LogP contribution in [0.1, 0.15) is 39.5 Å². The minimum Gasteiger partial charge on any atom is -0.147 e. The first-order valence-electron chi connectivity index (χ1n) is 4.23. The maximum Gasteiger partial charge on any atom is 0.118 e. The molecule has 0 saturated heterocycles. The molecule has 0 aromatic carbocycles. The number of hydrogen-bond acceptors (Lipinski definition) is 0. The van der Waals surface area contributed by atoms with Gasteiger partial charge in [-0.15, -0.1) is 47.8 Å². The largest absolute Gasteiger partial charge is 0.147 e. The lowest BCUT2D eigenvalue weighted by molar-refractivity contribution is 0.884. The summed E-state index contributed by atoms with van der Waals surface area (Å²) in [5.74, 6) is 0. The Morgan fingerprint density at radius 2 is 0.923 bits per heavy atom. The quantitative estimate of drug-likeness (QED) is 0.681. The molecule has 0 N–H and O–H groups in total. The summed E-state index contributed by atoms with van der Waals surface area (Å²) in [5.41, 5.74) is 0. The van der Waals surface area contributed by atoms with Gasteiger partial charge in [0.25, 0.3) is 0 Å². The highest BCUT2D eigenvalue weighted by molar-refractivity contribution is 6.08. The average molecular weight is 278 g/mol. The monoisotopic (exact) mass is 276 g/mol. The van der Waals surface area contributed by atoms with Crippen molar-refractivity contribution in [2.75, 3.05) is 0 Å². The summed E-state index contributed by atoms with van der Waals surface area (Å²) in [6.45, 7) is 4.40. The van der Waals surface area contributed by atoms with Crippen molar-refractivity contribution in [1.29, 1.82) is 0 Å². The molecule has 0 aliphatic carbocycles. The molecule has 13 heavy (non-hydrogen) atoms. The van der Waals surface area contributed by atoms with Crippen molar-refractivity contribution in [1.82, 2.24) is 0 Å². The van der Waals surface area contributed by atoms with Crippen LogP contribution in [0, 0.1) is 0 Å². The van der Waals surface area contributed by atoms with Crippen molar-refractivity contribution in [2.24, 2.45) is 0 Å². The zero-order valence-corrected chi connectivity index (χ0v) is 13.4. The van der Waals surface area contributed by atoms with Crippen molar-refractivity contribution in [3.8, 4) is 0 Å². The molecule has 0 aromatic rings. The van der Waals surface area contributed by atoms with Crippen LogP contribution in [0.4, 0.5) is 0 Å². The SMILES string of the molecule is CCC[CH2][Al].CCC[CH2][Al].Cl.Cl.Cl. The van der Waals surface area contributed by atoms with Gasteiger partial charge in [0.15, 0.2) is 0 Å². The topological polar surface area (TPSA) is 0 Å². The smallest absolute Gasteiger partial charge is 0.118 e. The molecule has 0 aliphatic heterocycles. The van der Waals surface area contributed by atoms with Crippen molar-refractivity contribution in [3.05, 3.63) is 0 Å². The minimum absolute atomic E-state index is 0. The van der Waals surface area contributed by atoms with E-state index >= 15 is 0 Å². The predicted molar refractivity (Wildman–Crippen MR) is 72.7 cm³/mol. The van der Waals surface area contributed by atoms with E-state index in [1.165, 1.54) is 36.2 Å². The first-order valence-corrected chi connectivity index (χ1v) is 5.86. The van der Waals surface area contributed by atoms with Crippen molar-refractivity contribution >= 4 is 69.8 Å². The molecular weight excluding hydrogens is 256 g/mol. The molecule has 0 spiro atoms. The Morgan fingerprint density at radius 3 is 0.923 bits per heavy atom. The van der Waals surface area contributed by atoms with E-state index in [1.807, 2.05) is 0 Å². The summed E-state index contributed by atoms with van der Waals surface area (Å²) in [7, 11) is 0. The van der Waals surface area contributed by atoms with E-state index in [-0.39, 0.29) is 37.2 Å². The molecule has 0 fully saturated rings. The predicted octanol–water partition coefficient (Wildman–Crippen LogP) is 4.01. The lowest BCUT2D eigenvalue weighted by Gasteiger charge is -1.79. The Bertz CT molecular complexity index is 38.4. The highest BCUT2D eigenvalue weighted by Gasteiger charge is 1.68. The third-order valence-corrected chi connectivity index (χ3v) is 1.93. The van der Waals surface area contributed by atoms with E-state index in [0.29, 0.717) is 0 Å². The summed E-state index contributed by atoms with van der Waals surface area (Å²) < 4.78 is 0. The molecule has 4 radical (unpaired) electrons. The molecule has 0 nitrogen and oxygen atoms in total. The fourth-order valence-corrected chi connectivity index (χ4v) is 1.22. The standard InChI is InChI=1S/2C4H9.2Al.3ClH/c2*1-3-4-2;;;;;/h2*1,3-4H2,2H3;;;3*1H. The van der Waals surface area contributed by atoms with Gasteiger partial charge in [-0.25, -0.2) is 0 Å². The molecular formula is C8H21Al2Cl3. The molecule has 5 heteroatoms. The van der Waals surface area contributed by atoms with Crippen LogP contribution in [-0.4, -0.2) is 32.6 Å². The second kappa shape index (κ2) is 37.0. The number of unbranched alkanes of at least 4 members (excludes halogenated alkanes) is 2. The summed E-state index contributed by atoms with van der Waals surface area (Å²) in [6.07, 6.45) is 5.35. The van der Waals surface area contributed by atoms with Crippen molar-refractivity contribution < 1.29 is 0 Å². The third kappa shape index (κ3) is 56.4. The molecule has 0 atom stereocenters. The van der Waals surface area contributed by atoms with Crippen LogP contribution >= 0.6 is 37.2 Å². The summed E-state index contributed by atoms with van der Waals surface area (Å²) in [5, 5.41) is 2.52. The van der Waals surface area contributed by atoms with Crippen LogP contribution in [0.15, 0.2) is 0 Å². The van der Waals surface area contributed by atoms with Gasteiger partial charge in [0.2, 0.25) is 0 Å². The van der Waals surface area contributed by atoms with E-state index in [0.717, 1.165) is 0 Å². The van der Waals surface area contributed by atoms with E-state index in [1.54, 1.807) is 0 Å². The van der Waals surface area contributed by atoms with Crippen LogP contribution in [0.2, 0.25) is 10.6 Å². The molecule has 0 amide bonds. The van der Waals surface area contributed by atoms with Crippen molar-refractivity contribution in [3.63, 3.8) is 0 Å². The second-order valence-electron chi connectivity index (χ2n) is 2.28. The van der Waals surface area contributed by atoms with Crippen LogP contribution < -0.4 is 0 Å². The summed E-state index contributed by atoms with van der Waals surface area (Å²) >= 11 is 5.40. The molecule has 0 heterocycles. The van der Waals surface area contributed by atoms with Gasteiger partial charge < -0.3 is 0 Å². The fraction of sp³-hybridized carbons (Fsp3) is 1.00. The Morgan fingerprint density at radius 1 is 0.692 bits per heavy atom. The Labute approximate surface area is 119 Å². The number of halogens is 3. The van der Waals surface area contributed by atoms with Crippen LogP contribution in [0.3, 0.4) is 0 Å². The Hall–Kier alpha value is 1.93. The molecule has 80 valence electrons. The lowest BCUT2D eigenvalue weighted by atomic mass is 10.4.